The number of hydrogen-bond acceptors (Lipinski definition) is 3. The van der Waals surface area contributed by atoms with Crippen molar-refractivity contribution >= 4 is 11.9 Å². The van der Waals surface area contributed by atoms with Crippen LogP contribution in [0.15, 0.2) is 0 Å². The molecule has 0 aliphatic carbocycles. The highest BCUT2D eigenvalue weighted by molar-refractivity contribution is 5.94. The molecule has 1 saturated heterocycles. The summed E-state index contributed by atoms with van der Waals surface area (Å²) in [5.74, 6) is -2.60. The Labute approximate surface area is 57.8 Å². The molecule has 1 atom stereocenters. The van der Waals surface area contributed by atoms with Crippen molar-refractivity contribution in [3.05, 3.63) is 0 Å². The summed E-state index contributed by atoms with van der Waals surface area (Å²) in [6.07, 6.45) is 1.07. The topological polar surface area (TPSA) is 63.6 Å². The fourth-order valence-electron chi connectivity index (χ4n) is 0.903. The molecule has 0 spiro atoms. The average Bonchev–Trinajstić information content (AvgIpc) is 1.88. The number of ether oxygens (including phenoxy) is 1. The van der Waals surface area contributed by atoms with E-state index in [0.717, 1.165) is 0 Å². The molecule has 56 valence electrons. The summed E-state index contributed by atoms with van der Waals surface area (Å²) in [6, 6.07) is 0. The van der Waals surface area contributed by atoms with Gasteiger partial charge in [0.05, 0.1) is 6.61 Å². The monoisotopic (exact) mass is 144 g/mol. The van der Waals surface area contributed by atoms with E-state index in [1.54, 1.807) is 0 Å². The van der Waals surface area contributed by atoms with Crippen LogP contribution in [-0.4, -0.2) is 23.7 Å². The predicted octanol–water partition coefficient (Wildman–Crippen LogP) is 0.0242. The Bertz CT molecular complexity index is 163. The maximum atomic E-state index is 10.6. The molecule has 4 nitrogen and oxygen atoms in total. The molecule has 4 heteroatoms. The van der Waals surface area contributed by atoms with Crippen LogP contribution >= 0.6 is 0 Å². The summed E-state index contributed by atoms with van der Waals surface area (Å²) in [5, 5.41) is 8.41. The molecule has 0 saturated carbocycles. The van der Waals surface area contributed by atoms with Crippen LogP contribution in [0.25, 0.3) is 0 Å². The Kier molecular flexibility index (Phi) is 1.89. The van der Waals surface area contributed by atoms with Crippen LogP contribution in [0, 0.1) is 5.92 Å². The lowest BCUT2D eigenvalue weighted by Gasteiger charge is -2.16. The first-order valence-electron chi connectivity index (χ1n) is 3.11. The van der Waals surface area contributed by atoms with Gasteiger partial charge in [0, 0.05) is 0 Å². The zero-order chi connectivity index (χ0) is 7.56. The van der Waals surface area contributed by atoms with Gasteiger partial charge in [0.15, 0.2) is 5.92 Å². The van der Waals surface area contributed by atoms with Crippen molar-refractivity contribution in [3.63, 3.8) is 0 Å². The van der Waals surface area contributed by atoms with Crippen LogP contribution in [0.3, 0.4) is 0 Å². The van der Waals surface area contributed by atoms with Gasteiger partial charge < -0.3 is 9.84 Å². The van der Waals surface area contributed by atoms with Crippen LogP contribution in [0.1, 0.15) is 12.8 Å². The van der Waals surface area contributed by atoms with E-state index in [4.69, 9.17) is 5.11 Å². The molecule has 0 aromatic heterocycles. The SMILES string of the molecule is O=C(O)C1CCCOC1=O. The fourth-order valence-corrected chi connectivity index (χ4v) is 0.903. The van der Waals surface area contributed by atoms with Gasteiger partial charge in [-0.1, -0.05) is 0 Å². The largest absolute Gasteiger partial charge is 0.481 e. The van der Waals surface area contributed by atoms with Crippen LogP contribution in [0.2, 0.25) is 0 Å². The lowest BCUT2D eigenvalue weighted by molar-refractivity contribution is -0.162. The number of rotatable bonds is 1. The van der Waals surface area contributed by atoms with Crippen LogP contribution in [-0.2, 0) is 14.3 Å². The average molecular weight is 144 g/mol. The van der Waals surface area contributed by atoms with E-state index < -0.39 is 17.9 Å². The van der Waals surface area contributed by atoms with Gasteiger partial charge in [-0.05, 0) is 12.8 Å². The number of carboxylic acid groups (broad SMARTS) is 1. The summed E-state index contributed by atoms with van der Waals surface area (Å²) in [6.45, 7) is 0.364. The first kappa shape index (κ1) is 7.05. The number of hydrogen-bond donors (Lipinski definition) is 1. The number of cyclic esters (lactones) is 1. The molecule has 0 aromatic rings. The molecular weight excluding hydrogens is 136 g/mol. The smallest absolute Gasteiger partial charge is 0.320 e. The van der Waals surface area contributed by atoms with Gasteiger partial charge in [-0.25, -0.2) is 0 Å². The highest BCUT2D eigenvalue weighted by Crippen LogP contribution is 2.14. The first-order valence-corrected chi connectivity index (χ1v) is 3.11. The second-order valence-electron chi connectivity index (χ2n) is 2.20. The zero-order valence-corrected chi connectivity index (χ0v) is 5.37. The van der Waals surface area contributed by atoms with Gasteiger partial charge in [0.1, 0.15) is 0 Å². The molecule has 1 aliphatic heterocycles. The summed E-state index contributed by atoms with van der Waals surface area (Å²) >= 11 is 0. The first-order chi connectivity index (χ1) is 4.72. The standard InChI is InChI=1S/C6H8O4/c7-5(8)4-2-1-3-10-6(4)9/h4H,1-3H2,(H,7,8). The van der Waals surface area contributed by atoms with Crippen molar-refractivity contribution in [2.75, 3.05) is 6.61 Å². The molecule has 1 N–H and O–H groups in total. The van der Waals surface area contributed by atoms with Gasteiger partial charge in [-0.15, -0.1) is 0 Å². The lowest BCUT2D eigenvalue weighted by Crippen LogP contribution is -2.30. The third kappa shape index (κ3) is 1.26. The van der Waals surface area contributed by atoms with Crippen molar-refractivity contribution in [2.24, 2.45) is 5.92 Å². The highest BCUT2D eigenvalue weighted by Gasteiger charge is 2.30. The Balaban J connectivity index is 2.56. The minimum absolute atomic E-state index is 0.364. The van der Waals surface area contributed by atoms with Crippen LogP contribution < -0.4 is 0 Å². The van der Waals surface area contributed by atoms with E-state index in [1.165, 1.54) is 0 Å². The van der Waals surface area contributed by atoms with Crippen molar-refractivity contribution in [1.29, 1.82) is 0 Å². The number of aliphatic carboxylic acids is 1. The summed E-state index contributed by atoms with van der Waals surface area (Å²) < 4.78 is 4.53. The second-order valence-corrected chi connectivity index (χ2v) is 2.20. The molecule has 1 heterocycles. The molecule has 1 rings (SSSR count). The number of carboxylic acids is 1. The number of carbonyl (C=O) groups is 2. The maximum Gasteiger partial charge on any atom is 0.320 e. The van der Waals surface area contributed by atoms with E-state index in [0.29, 0.717) is 19.4 Å². The van der Waals surface area contributed by atoms with Crippen molar-refractivity contribution in [3.8, 4) is 0 Å². The molecule has 0 aromatic carbocycles. The molecule has 1 unspecified atom stereocenters. The molecule has 1 fully saturated rings. The van der Waals surface area contributed by atoms with E-state index in [1.807, 2.05) is 0 Å². The van der Waals surface area contributed by atoms with Gasteiger partial charge >= 0.3 is 11.9 Å². The normalized spacial score (nSPS) is 25.6. The van der Waals surface area contributed by atoms with E-state index in [9.17, 15) is 9.59 Å². The number of carbonyl (C=O) groups excluding carboxylic acids is 1. The third-order valence-electron chi connectivity index (χ3n) is 1.46. The molecule has 0 radical (unpaired) electrons. The van der Waals surface area contributed by atoms with Crippen molar-refractivity contribution < 1.29 is 19.4 Å². The molecule has 0 bridgehead atoms. The van der Waals surface area contributed by atoms with Crippen molar-refractivity contribution in [2.45, 2.75) is 12.8 Å². The number of esters is 1. The molecule has 10 heavy (non-hydrogen) atoms. The molecular formula is C6H8O4. The van der Waals surface area contributed by atoms with Gasteiger partial charge in [-0.3, -0.25) is 9.59 Å². The Morgan fingerprint density at radius 3 is 2.80 bits per heavy atom. The minimum Gasteiger partial charge on any atom is -0.481 e. The Hall–Kier alpha value is -1.06. The lowest BCUT2D eigenvalue weighted by atomic mass is 10.0. The summed E-state index contributed by atoms with van der Waals surface area (Å²) in [4.78, 5) is 20.9. The highest BCUT2D eigenvalue weighted by atomic mass is 16.5. The minimum atomic E-state index is -1.08. The summed E-state index contributed by atoms with van der Waals surface area (Å²) in [5.41, 5.74) is 0. The van der Waals surface area contributed by atoms with Gasteiger partial charge in [0.25, 0.3) is 0 Å². The van der Waals surface area contributed by atoms with Gasteiger partial charge in [0.2, 0.25) is 0 Å². The quantitative estimate of drug-likeness (QED) is 0.416. The Morgan fingerprint density at radius 2 is 2.40 bits per heavy atom. The van der Waals surface area contributed by atoms with Gasteiger partial charge in [-0.2, -0.15) is 0 Å². The van der Waals surface area contributed by atoms with Crippen molar-refractivity contribution in [1.82, 2.24) is 0 Å². The fraction of sp³-hybridized carbons (Fsp3) is 0.667. The summed E-state index contributed by atoms with van der Waals surface area (Å²) in [7, 11) is 0. The van der Waals surface area contributed by atoms with E-state index in [2.05, 4.69) is 4.74 Å². The third-order valence-corrected chi connectivity index (χ3v) is 1.46. The van der Waals surface area contributed by atoms with E-state index in [-0.39, 0.29) is 0 Å². The van der Waals surface area contributed by atoms with Crippen LogP contribution in [0.5, 0.6) is 0 Å². The molecule has 0 amide bonds. The Morgan fingerprint density at radius 1 is 1.70 bits per heavy atom. The zero-order valence-electron chi connectivity index (χ0n) is 5.37. The second kappa shape index (κ2) is 2.68. The molecule has 1 aliphatic rings. The maximum absolute atomic E-state index is 10.6. The van der Waals surface area contributed by atoms with E-state index >= 15 is 0 Å². The predicted molar refractivity (Wildman–Crippen MR) is 31.3 cm³/mol. The van der Waals surface area contributed by atoms with Crippen LogP contribution in [0.4, 0.5) is 0 Å².